The van der Waals surface area contributed by atoms with E-state index in [1.165, 1.54) is 12.1 Å². The zero-order valence-electron chi connectivity index (χ0n) is 17.9. The molecule has 7 heteroatoms. The summed E-state index contributed by atoms with van der Waals surface area (Å²) in [5.74, 6) is -0.212. The van der Waals surface area contributed by atoms with Gasteiger partial charge in [-0.1, -0.05) is 13.3 Å². The Balaban J connectivity index is 1.56. The van der Waals surface area contributed by atoms with E-state index < -0.39 is 4.65 Å². The van der Waals surface area contributed by atoms with Crippen LogP contribution in [0.25, 0.3) is 0 Å². The molecule has 31 heavy (non-hydrogen) atoms. The highest BCUT2D eigenvalue weighted by atomic mass is 19.1. The summed E-state index contributed by atoms with van der Waals surface area (Å²) in [4.78, 5) is 14.3. The number of benzene rings is 2. The first-order valence-corrected chi connectivity index (χ1v) is 11.0. The minimum Gasteiger partial charge on any atom is -0.627 e. The lowest BCUT2D eigenvalue weighted by Gasteiger charge is -2.67. The van der Waals surface area contributed by atoms with Crippen molar-refractivity contribution in [2.24, 2.45) is 5.41 Å². The molecule has 2 aliphatic rings. The van der Waals surface area contributed by atoms with Crippen LogP contribution in [-0.2, 0) is 0 Å². The van der Waals surface area contributed by atoms with E-state index in [0.717, 1.165) is 31.2 Å². The third kappa shape index (κ3) is 4.00. The summed E-state index contributed by atoms with van der Waals surface area (Å²) in [6, 6.07) is 12.2. The van der Waals surface area contributed by atoms with Gasteiger partial charge in [0.15, 0.2) is 0 Å². The quantitative estimate of drug-likeness (QED) is 0.413. The number of carbonyl (C=O) groups excluding carboxylic acids is 1. The Bertz CT molecular complexity index is 911. The molecule has 166 valence electrons. The van der Waals surface area contributed by atoms with Gasteiger partial charge >= 0.3 is 6.03 Å². The molecule has 0 aliphatic carbocycles. The predicted molar refractivity (Wildman–Crippen MR) is 119 cm³/mol. The van der Waals surface area contributed by atoms with Crippen molar-refractivity contribution >= 4 is 11.7 Å². The van der Waals surface area contributed by atoms with Crippen LogP contribution in [0.3, 0.4) is 0 Å². The SMILES string of the molecule is CCCCNC(=O)N1CCC2(CC1)C[N+]([O-])(c1ccc(F)cc1)C2c1ccc(O)cc1. The van der Waals surface area contributed by atoms with Gasteiger partial charge in [-0.15, -0.1) is 0 Å². The molecule has 4 rings (SSSR count). The molecule has 2 atom stereocenters. The maximum atomic E-state index is 14.0. The Morgan fingerprint density at radius 3 is 2.45 bits per heavy atom. The van der Waals surface area contributed by atoms with Gasteiger partial charge in [-0.2, -0.15) is 0 Å². The number of likely N-dealkylation sites (tertiary alicyclic amines) is 1. The van der Waals surface area contributed by atoms with Gasteiger partial charge in [0.2, 0.25) is 0 Å². The topological polar surface area (TPSA) is 75.6 Å². The van der Waals surface area contributed by atoms with E-state index in [1.54, 1.807) is 36.4 Å². The van der Waals surface area contributed by atoms with Crippen LogP contribution in [0.4, 0.5) is 14.9 Å². The molecule has 2 aromatic rings. The Kier molecular flexibility index (Phi) is 5.90. The van der Waals surface area contributed by atoms with Crippen molar-refractivity contribution in [3.8, 4) is 5.75 Å². The van der Waals surface area contributed by atoms with E-state index in [0.29, 0.717) is 31.9 Å². The number of amides is 2. The van der Waals surface area contributed by atoms with Crippen LogP contribution in [0, 0.1) is 16.4 Å². The molecule has 2 aliphatic heterocycles. The minimum atomic E-state index is -0.548. The maximum absolute atomic E-state index is 14.0. The molecule has 2 amide bonds. The number of hydrogen-bond acceptors (Lipinski definition) is 3. The Morgan fingerprint density at radius 1 is 1.19 bits per heavy atom. The number of nitrogens with one attached hydrogen (secondary N) is 1. The molecule has 2 N–H and O–H groups in total. The van der Waals surface area contributed by atoms with E-state index in [4.69, 9.17) is 0 Å². The second kappa shape index (κ2) is 8.48. The number of halogens is 1. The number of urea groups is 1. The van der Waals surface area contributed by atoms with Gasteiger partial charge in [0.05, 0.1) is 12.0 Å². The third-order valence-electron chi connectivity index (χ3n) is 6.87. The average Bonchev–Trinajstić information content (AvgIpc) is 2.76. The van der Waals surface area contributed by atoms with Crippen molar-refractivity contribution in [2.45, 2.75) is 38.6 Å². The molecule has 0 aromatic heterocycles. The number of phenols is 1. The Hall–Kier alpha value is -2.64. The number of unbranched alkanes of at least 4 members (excludes halogenated alkanes) is 1. The second-order valence-electron chi connectivity index (χ2n) is 8.86. The van der Waals surface area contributed by atoms with Gasteiger partial charge in [-0.25, -0.2) is 9.18 Å². The summed E-state index contributed by atoms with van der Waals surface area (Å²) >= 11 is 0. The zero-order valence-corrected chi connectivity index (χ0v) is 17.9. The van der Waals surface area contributed by atoms with E-state index in [9.17, 15) is 19.5 Å². The van der Waals surface area contributed by atoms with Crippen LogP contribution < -0.4 is 9.96 Å². The molecule has 2 fully saturated rings. The second-order valence-corrected chi connectivity index (χ2v) is 8.86. The molecule has 6 nitrogen and oxygen atoms in total. The molecule has 1 spiro atoms. The number of hydrogen-bond donors (Lipinski definition) is 2. The normalized spacial score (nSPS) is 24.6. The summed E-state index contributed by atoms with van der Waals surface area (Å²) in [6.45, 7) is 4.38. The van der Waals surface area contributed by atoms with E-state index in [-0.39, 0.29) is 29.1 Å². The standard InChI is InChI=1S/C24H30FN3O3/c1-2-3-14-26-23(30)27-15-12-24(13-16-27)17-28(31,20-8-6-19(25)7-9-20)22(24)18-4-10-21(29)11-5-18/h4-11,22,29H,2-3,12-17H2,1H3,(H,26,30). The molecular weight excluding hydrogens is 397 g/mol. The number of quaternary nitrogens is 1. The van der Waals surface area contributed by atoms with Crippen LogP contribution in [0.15, 0.2) is 48.5 Å². The van der Waals surface area contributed by atoms with Crippen molar-refractivity contribution in [3.63, 3.8) is 0 Å². The number of piperidine rings is 1. The summed E-state index contributed by atoms with van der Waals surface area (Å²) in [5, 5.41) is 26.7. The molecule has 2 heterocycles. The van der Waals surface area contributed by atoms with Crippen molar-refractivity contribution in [2.75, 3.05) is 26.2 Å². The van der Waals surface area contributed by atoms with Crippen LogP contribution in [0.5, 0.6) is 5.75 Å². The third-order valence-corrected chi connectivity index (χ3v) is 6.87. The lowest BCUT2D eigenvalue weighted by atomic mass is 9.62. The largest absolute Gasteiger partial charge is 0.627 e. The monoisotopic (exact) mass is 427 g/mol. The van der Waals surface area contributed by atoms with Crippen molar-refractivity contribution in [3.05, 3.63) is 65.1 Å². The van der Waals surface area contributed by atoms with Gasteiger partial charge in [-0.05, 0) is 55.7 Å². The fourth-order valence-electron chi connectivity index (χ4n) is 5.23. The van der Waals surface area contributed by atoms with Crippen LogP contribution in [-0.4, -0.2) is 42.2 Å². The summed E-state index contributed by atoms with van der Waals surface area (Å²) < 4.78 is 12.9. The predicted octanol–water partition coefficient (Wildman–Crippen LogP) is 4.68. The number of hydroxylamine groups is 2. The van der Waals surface area contributed by atoms with Crippen LogP contribution in [0.2, 0.25) is 0 Å². The van der Waals surface area contributed by atoms with Gasteiger partial charge in [0.1, 0.15) is 23.3 Å². The van der Waals surface area contributed by atoms with Crippen molar-refractivity contribution < 1.29 is 14.3 Å². The molecule has 2 aromatic carbocycles. The fourth-order valence-corrected chi connectivity index (χ4v) is 5.23. The lowest BCUT2D eigenvalue weighted by molar-refractivity contribution is -0.0730. The molecule has 0 radical (unpaired) electrons. The first kappa shape index (κ1) is 21.6. The lowest BCUT2D eigenvalue weighted by Crippen LogP contribution is -2.71. The molecule has 0 saturated carbocycles. The number of rotatable bonds is 5. The zero-order chi connectivity index (χ0) is 22.1. The Morgan fingerprint density at radius 2 is 1.84 bits per heavy atom. The smallest absolute Gasteiger partial charge is 0.317 e. The first-order chi connectivity index (χ1) is 14.9. The van der Waals surface area contributed by atoms with Crippen LogP contribution in [0.1, 0.15) is 44.2 Å². The van der Waals surface area contributed by atoms with Gasteiger partial charge in [-0.3, -0.25) is 0 Å². The van der Waals surface area contributed by atoms with E-state index in [1.807, 2.05) is 4.90 Å². The van der Waals surface area contributed by atoms with Gasteiger partial charge < -0.3 is 25.2 Å². The molecule has 2 saturated heterocycles. The number of nitrogens with zero attached hydrogens (tertiary/aromatic N) is 2. The van der Waals surface area contributed by atoms with Gasteiger partial charge in [0.25, 0.3) is 0 Å². The number of aromatic hydroxyl groups is 1. The number of phenolic OH excluding ortho intramolecular Hbond substituents is 1. The van der Waals surface area contributed by atoms with Crippen molar-refractivity contribution in [1.29, 1.82) is 0 Å². The molecule has 0 bridgehead atoms. The highest BCUT2D eigenvalue weighted by Crippen LogP contribution is 2.60. The number of carbonyl (C=O) groups is 1. The van der Waals surface area contributed by atoms with Crippen LogP contribution >= 0.6 is 0 Å². The minimum absolute atomic E-state index is 0.0368. The Labute approximate surface area is 182 Å². The highest BCUT2D eigenvalue weighted by Gasteiger charge is 2.63. The highest BCUT2D eigenvalue weighted by molar-refractivity contribution is 5.74. The molecular formula is C24H30FN3O3. The summed E-state index contributed by atoms with van der Waals surface area (Å²) in [6.07, 6.45) is 3.47. The van der Waals surface area contributed by atoms with Gasteiger partial charge in [0, 0.05) is 37.3 Å². The van der Waals surface area contributed by atoms with Crippen molar-refractivity contribution in [1.82, 2.24) is 14.9 Å². The summed E-state index contributed by atoms with van der Waals surface area (Å²) in [5.41, 5.74) is 1.17. The maximum Gasteiger partial charge on any atom is 0.317 e. The molecule has 2 unspecified atom stereocenters. The average molecular weight is 428 g/mol. The first-order valence-electron chi connectivity index (χ1n) is 11.0. The summed E-state index contributed by atoms with van der Waals surface area (Å²) in [7, 11) is 0. The van der Waals surface area contributed by atoms with E-state index in [2.05, 4.69) is 12.2 Å². The van der Waals surface area contributed by atoms with E-state index >= 15 is 0 Å². The fraction of sp³-hybridized carbons (Fsp3) is 0.458.